The van der Waals surface area contributed by atoms with Crippen LogP contribution in [-0.2, 0) is 0 Å². The third kappa shape index (κ3) is 3.98. The molecule has 2 aromatic heterocycles. The Bertz CT molecular complexity index is 1130. The largest absolute Gasteiger partial charge is 0.338 e. The topological polar surface area (TPSA) is 70.7 Å². The summed E-state index contributed by atoms with van der Waals surface area (Å²) in [5.74, 6) is 0.378. The molecule has 0 saturated carbocycles. The molecule has 0 spiro atoms. The van der Waals surface area contributed by atoms with E-state index in [-0.39, 0.29) is 5.91 Å². The van der Waals surface area contributed by atoms with Crippen molar-refractivity contribution < 1.29 is 4.79 Å². The monoisotopic (exact) mass is 452 g/mol. The van der Waals surface area contributed by atoms with Gasteiger partial charge in [0.15, 0.2) is 0 Å². The van der Waals surface area contributed by atoms with E-state index in [4.69, 9.17) is 11.6 Å². The van der Waals surface area contributed by atoms with Crippen molar-refractivity contribution in [2.24, 2.45) is 0 Å². The fourth-order valence-electron chi connectivity index (χ4n) is 2.72. The van der Waals surface area contributed by atoms with Crippen molar-refractivity contribution in [1.29, 1.82) is 0 Å². The van der Waals surface area contributed by atoms with E-state index in [9.17, 15) is 4.79 Å². The van der Waals surface area contributed by atoms with Gasteiger partial charge in [-0.2, -0.15) is 0 Å². The molecule has 5 nitrogen and oxygen atoms in total. The van der Waals surface area contributed by atoms with E-state index < -0.39 is 0 Å². The number of hydrogen-bond donors (Lipinski definition) is 2. The smallest absolute Gasteiger partial charge is 0.257 e. The van der Waals surface area contributed by atoms with Gasteiger partial charge in [0.05, 0.1) is 22.5 Å². The zero-order valence-electron chi connectivity index (χ0n) is 14.5. The lowest BCUT2D eigenvalue weighted by Crippen LogP contribution is -2.12. The molecule has 7 heteroatoms. The van der Waals surface area contributed by atoms with E-state index in [0.29, 0.717) is 32.3 Å². The lowest BCUT2D eigenvalue weighted by atomic mass is 10.1. The van der Waals surface area contributed by atoms with E-state index in [1.54, 1.807) is 36.5 Å². The van der Waals surface area contributed by atoms with Crippen molar-refractivity contribution in [1.82, 2.24) is 15.0 Å². The lowest BCUT2D eigenvalue weighted by Gasteiger charge is -2.08. The van der Waals surface area contributed by atoms with Gasteiger partial charge in [0.25, 0.3) is 5.91 Å². The Labute approximate surface area is 174 Å². The molecule has 0 saturated heterocycles. The number of halogens is 2. The second-order valence-corrected chi connectivity index (χ2v) is 7.25. The van der Waals surface area contributed by atoms with Crippen LogP contribution >= 0.6 is 27.5 Å². The van der Waals surface area contributed by atoms with Gasteiger partial charge in [-0.3, -0.25) is 4.79 Å². The highest BCUT2D eigenvalue weighted by Crippen LogP contribution is 2.30. The number of amides is 1. The first-order valence-electron chi connectivity index (χ1n) is 8.43. The molecule has 0 bridgehead atoms. The van der Waals surface area contributed by atoms with Crippen LogP contribution in [0.3, 0.4) is 0 Å². The highest BCUT2D eigenvalue weighted by atomic mass is 79.9. The van der Waals surface area contributed by atoms with Gasteiger partial charge in [-0.1, -0.05) is 41.9 Å². The Morgan fingerprint density at radius 2 is 1.82 bits per heavy atom. The molecule has 2 heterocycles. The number of hydrogen-bond acceptors (Lipinski definition) is 3. The molecule has 0 aliphatic carbocycles. The van der Waals surface area contributed by atoms with Crippen molar-refractivity contribution in [2.75, 3.05) is 5.32 Å². The van der Waals surface area contributed by atoms with Gasteiger partial charge in [-0.05, 0) is 51.8 Å². The third-order valence-electron chi connectivity index (χ3n) is 4.13. The standard InChI is InChI=1S/C21H14BrClN4O/c22-19-9-6-14(11-24-19)21(28)26-15-7-8-17(23)16(10-15)20-25-12-18(27-20)13-4-2-1-3-5-13/h1-12H,(H,25,27)(H,26,28). The maximum Gasteiger partial charge on any atom is 0.257 e. The van der Waals surface area contributed by atoms with Crippen LogP contribution in [0.2, 0.25) is 5.02 Å². The van der Waals surface area contributed by atoms with Gasteiger partial charge in [-0.15, -0.1) is 0 Å². The minimum Gasteiger partial charge on any atom is -0.338 e. The fraction of sp³-hybridized carbons (Fsp3) is 0. The zero-order chi connectivity index (χ0) is 19.5. The number of carbonyl (C=O) groups excluding carboxylic acids is 1. The van der Waals surface area contributed by atoms with Gasteiger partial charge in [0.1, 0.15) is 10.4 Å². The average molecular weight is 454 g/mol. The molecule has 28 heavy (non-hydrogen) atoms. The summed E-state index contributed by atoms with van der Waals surface area (Å²) >= 11 is 9.62. The summed E-state index contributed by atoms with van der Waals surface area (Å²) in [7, 11) is 0. The quantitative estimate of drug-likeness (QED) is 0.383. The van der Waals surface area contributed by atoms with Gasteiger partial charge in [-0.25, -0.2) is 9.97 Å². The van der Waals surface area contributed by atoms with E-state index >= 15 is 0 Å². The minimum absolute atomic E-state index is 0.252. The number of carbonyl (C=O) groups is 1. The summed E-state index contributed by atoms with van der Waals surface area (Å²) in [5, 5.41) is 3.40. The first-order chi connectivity index (χ1) is 13.6. The highest BCUT2D eigenvalue weighted by molar-refractivity contribution is 9.10. The number of pyridine rings is 1. The summed E-state index contributed by atoms with van der Waals surface area (Å²) in [6.07, 6.45) is 3.27. The molecule has 0 atom stereocenters. The normalized spacial score (nSPS) is 10.6. The molecule has 138 valence electrons. The average Bonchev–Trinajstić information content (AvgIpc) is 3.20. The van der Waals surface area contributed by atoms with Crippen LogP contribution in [0.15, 0.2) is 77.7 Å². The maximum absolute atomic E-state index is 12.4. The molecule has 0 aliphatic rings. The number of aromatic nitrogens is 3. The molecule has 2 N–H and O–H groups in total. The van der Waals surface area contributed by atoms with Gasteiger partial charge >= 0.3 is 0 Å². The summed E-state index contributed by atoms with van der Waals surface area (Å²) in [6, 6.07) is 18.6. The number of nitrogens with zero attached hydrogens (tertiary/aromatic N) is 2. The summed E-state index contributed by atoms with van der Waals surface area (Å²) < 4.78 is 0.671. The molecule has 0 radical (unpaired) electrons. The van der Waals surface area contributed by atoms with E-state index in [1.165, 1.54) is 6.20 Å². The van der Waals surface area contributed by atoms with Crippen molar-refractivity contribution in [3.63, 3.8) is 0 Å². The first kappa shape index (κ1) is 18.4. The zero-order valence-corrected chi connectivity index (χ0v) is 16.8. The Hall–Kier alpha value is -2.96. The number of imidazole rings is 1. The van der Waals surface area contributed by atoms with Gasteiger partial charge in [0, 0.05) is 17.4 Å². The number of aromatic amines is 1. The molecule has 4 aromatic rings. The molecule has 4 rings (SSSR count). The Kier molecular flexibility index (Phi) is 5.23. The van der Waals surface area contributed by atoms with Crippen LogP contribution in [-0.4, -0.2) is 20.9 Å². The second kappa shape index (κ2) is 7.96. The van der Waals surface area contributed by atoms with Gasteiger partial charge < -0.3 is 10.3 Å². The van der Waals surface area contributed by atoms with Crippen LogP contribution in [0.5, 0.6) is 0 Å². The van der Waals surface area contributed by atoms with Crippen LogP contribution < -0.4 is 5.32 Å². The van der Waals surface area contributed by atoms with Gasteiger partial charge in [0.2, 0.25) is 0 Å². The molecular weight excluding hydrogens is 440 g/mol. The van der Waals surface area contributed by atoms with Crippen LogP contribution in [0.25, 0.3) is 22.6 Å². The van der Waals surface area contributed by atoms with Crippen LogP contribution in [0, 0.1) is 0 Å². The van der Waals surface area contributed by atoms with E-state index in [1.807, 2.05) is 30.3 Å². The first-order valence-corrected chi connectivity index (χ1v) is 9.60. The number of anilines is 1. The SMILES string of the molecule is O=C(Nc1ccc(Cl)c(-c2ncc(-c3ccccc3)[nH]2)c1)c1ccc(Br)nc1. The number of H-pyrrole nitrogens is 1. The Morgan fingerprint density at radius 1 is 1.00 bits per heavy atom. The molecular formula is C21H14BrClN4O. The molecule has 2 aromatic carbocycles. The third-order valence-corrected chi connectivity index (χ3v) is 4.93. The summed E-state index contributed by atoms with van der Waals surface area (Å²) in [6.45, 7) is 0. The van der Waals surface area contributed by atoms with Crippen molar-refractivity contribution in [3.05, 3.63) is 88.2 Å². The van der Waals surface area contributed by atoms with Crippen LogP contribution in [0.4, 0.5) is 5.69 Å². The fourth-order valence-corrected chi connectivity index (χ4v) is 3.16. The van der Waals surface area contributed by atoms with Crippen molar-refractivity contribution in [3.8, 4) is 22.6 Å². The van der Waals surface area contributed by atoms with E-state index in [0.717, 1.165) is 11.3 Å². The minimum atomic E-state index is -0.252. The predicted molar refractivity (Wildman–Crippen MR) is 114 cm³/mol. The summed E-state index contributed by atoms with van der Waals surface area (Å²) in [5.41, 5.74) is 3.70. The molecule has 1 amide bonds. The Morgan fingerprint density at radius 3 is 2.57 bits per heavy atom. The molecule has 0 aliphatic heterocycles. The van der Waals surface area contributed by atoms with Crippen LogP contribution in [0.1, 0.15) is 10.4 Å². The maximum atomic E-state index is 12.4. The van der Waals surface area contributed by atoms with E-state index in [2.05, 4.69) is 36.2 Å². The molecule has 0 fully saturated rings. The second-order valence-electron chi connectivity index (χ2n) is 6.03. The Balaban J connectivity index is 1.60. The number of benzene rings is 2. The summed E-state index contributed by atoms with van der Waals surface area (Å²) in [4.78, 5) is 24.2. The number of nitrogens with one attached hydrogen (secondary N) is 2. The highest BCUT2D eigenvalue weighted by Gasteiger charge is 2.12. The predicted octanol–water partition coefficient (Wildman–Crippen LogP) is 5.81. The number of rotatable bonds is 4. The lowest BCUT2D eigenvalue weighted by molar-refractivity contribution is 0.102. The van der Waals surface area contributed by atoms with Crippen molar-refractivity contribution >= 4 is 39.1 Å². The molecule has 0 unspecified atom stereocenters. The van der Waals surface area contributed by atoms with Crippen molar-refractivity contribution in [2.45, 2.75) is 0 Å².